The molecule has 1 aliphatic carbocycles. The van der Waals surface area contributed by atoms with Gasteiger partial charge in [-0.3, -0.25) is 0 Å². The van der Waals surface area contributed by atoms with Gasteiger partial charge in [-0.15, -0.1) is 0 Å². The first-order valence-corrected chi connectivity index (χ1v) is 11.6. The summed E-state index contributed by atoms with van der Waals surface area (Å²) in [5.41, 5.74) is 1.54. The lowest BCUT2D eigenvalue weighted by molar-refractivity contribution is 0.203. The van der Waals surface area contributed by atoms with Gasteiger partial charge in [0.25, 0.3) is 0 Å². The van der Waals surface area contributed by atoms with Crippen molar-refractivity contribution in [1.82, 2.24) is 10.2 Å². The molecule has 1 saturated carbocycles. The maximum Gasteiger partial charge on any atom is 0.194 e. The molecule has 3 aliphatic rings. The minimum atomic E-state index is -2.82. The van der Waals surface area contributed by atoms with Crippen LogP contribution >= 0.6 is 0 Å². The van der Waals surface area contributed by atoms with Crippen molar-refractivity contribution in [3.8, 4) is 0 Å². The summed E-state index contributed by atoms with van der Waals surface area (Å²) in [7, 11) is -2.82. The van der Waals surface area contributed by atoms with E-state index in [0.29, 0.717) is 30.0 Å². The number of rotatable bonds is 4. The Hall–Kier alpha value is -1.04. The van der Waals surface area contributed by atoms with E-state index in [-0.39, 0.29) is 5.92 Å². The zero-order valence-corrected chi connectivity index (χ0v) is 16.4. The van der Waals surface area contributed by atoms with Crippen molar-refractivity contribution in [1.29, 1.82) is 0 Å². The van der Waals surface area contributed by atoms with Crippen LogP contribution in [-0.2, 0) is 9.84 Å². The highest BCUT2D eigenvalue weighted by Gasteiger charge is 2.40. The van der Waals surface area contributed by atoms with Gasteiger partial charge in [-0.1, -0.05) is 31.4 Å². The molecule has 142 valence electrons. The van der Waals surface area contributed by atoms with Gasteiger partial charge in [-0.2, -0.15) is 0 Å². The molecule has 0 aromatic heterocycles. The van der Waals surface area contributed by atoms with Gasteiger partial charge in [0.1, 0.15) is 0 Å². The Morgan fingerprint density at radius 3 is 2.68 bits per heavy atom. The van der Waals surface area contributed by atoms with Crippen LogP contribution in [0.2, 0.25) is 0 Å². The van der Waals surface area contributed by atoms with Crippen LogP contribution in [0.4, 0.5) is 0 Å². The van der Waals surface area contributed by atoms with Crippen LogP contribution in [-0.4, -0.2) is 57.0 Å². The molecule has 2 aliphatic heterocycles. The molecule has 1 spiro atoms. The monoisotopic (exact) mass is 367 g/mol. The molecule has 1 N–H and O–H groups in total. The molecule has 0 bridgehead atoms. The zero-order chi connectivity index (χ0) is 17.9. The molecule has 0 radical (unpaired) electrons. The molecule has 2 heterocycles. The molecule has 1 atom stereocenters. The molecule has 25 heavy (non-hydrogen) atoms. The van der Waals surface area contributed by atoms with E-state index in [9.17, 15) is 8.42 Å². The molecule has 0 aromatic carbocycles. The molecule has 5 nitrogen and oxygen atoms in total. The normalized spacial score (nSPS) is 28.4. The van der Waals surface area contributed by atoms with Crippen LogP contribution in [0.15, 0.2) is 17.1 Å². The van der Waals surface area contributed by atoms with Gasteiger partial charge < -0.3 is 10.2 Å². The first-order valence-electron chi connectivity index (χ1n) is 9.76. The number of likely N-dealkylation sites (tertiary alicyclic amines) is 1. The maximum atomic E-state index is 11.7. The first kappa shape index (κ1) is 18.7. The molecule has 0 amide bonds. The molecular weight excluding hydrogens is 334 g/mol. The number of aliphatic imine (C=N–C) groups is 1. The van der Waals surface area contributed by atoms with Crippen molar-refractivity contribution in [2.45, 2.75) is 51.9 Å². The second-order valence-electron chi connectivity index (χ2n) is 8.48. The largest absolute Gasteiger partial charge is 0.356 e. The Morgan fingerprint density at radius 2 is 2.04 bits per heavy atom. The Bertz CT molecular complexity index is 621. The Labute approximate surface area is 152 Å². The van der Waals surface area contributed by atoms with Gasteiger partial charge in [0.2, 0.25) is 0 Å². The number of sulfone groups is 1. The molecule has 2 saturated heterocycles. The number of nitrogens with zero attached hydrogens (tertiary/aromatic N) is 2. The van der Waals surface area contributed by atoms with E-state index in [1.54, 1.807) is 0 Å². The van der Waals surface area contributed by atoms with Crippen molar-refractivity contribution < 1.29 is 8.42 Å². The molecule has 3 fully saturated rings. The summed E-state index contributed by atoms with van der Waals surface area (Å²) in [6, 6.07) is 0. The van der Waals surface area contributed by atoms with Crippen molar-refractivity contribution in [3.63, 3.8) is 0 Å². The number of guanidine groups is 1. The third-order valence-electron chi connectivity index (χ3n) is 6.03. The van der Waals surface area contributed by atoms with Crippen molar-refractivity contribution in [2.24, 2.45) is 16.3 Å². The number of hydrogen-bond donors (Lipinski definition) is 1. The highest BCUT2D eigenvalue weighted by molar-refractivity contribution is 7.91. The van der Waals surface area contributed by atoms with E-state index in [1.165, 1.54) is 38.5 Å². The van der Waals surface area contributed by atoms with E-state index in [0.717, 1.165) is 31.0 Å². The van der Waals surface area contributed by atoms with Crippen molar-refractivity contribution >= 4 is 15.8 Å². The minimum absolute atomic E-state index is 0.214. The van der Waals surface area contributed by atoms with E-state index < -0.39 is 9.84 Å². The quantitative estimate of drug-likeness (QED) is 0.471. The lowest BCUT2D eigenvalue weighted by Gasteiger charge is -2.33. The minimum Gasteiger partial charge on any atom is -0.356 e. The van der Waals surface area contributed by atoms with E-state index in [2.05, 4.69) is 16.8 Å². The summed E-state index contributed by atoms with van der Waals surface area (Å²) in [5, 5.41) is 3.49. The Kier molecular flexibility index (Phi) is 5.76. The summed E-state index contributed by atoms with van der Waals surface area (Å²) < 4.78 is 23.4. The first-order chi connectivity index (χ1) is 11.9. The second-order valence-corrected chi connectivity index (χ2v) is 10.7. The Balaban J connectivity index is 1.61. The van der Waals surface area contributed by atoms with Gasteiger partial charge in [0, 0.05) is 19.6 Å². The topological polar surface area (TPSA) is 61.8 Å². The fourth-order valence-electron chi connectivity index (χ4n) is 4.57. The van der Waals surface area contributed by atoms with Crippen LogP contribution in [0.5, 0.6) is 0 Å². The molecule has 6 heteroatoms. The van der Waals surface area contributed by atoms with Gasteiger partial charge in [-0.05, 0) is 43.9 Å². The van der Waals surface area contributed by atoms with Crippen molar-refractivity contribution in [3.05, 3.63) is 12.2 Å². The van der Waals surface area contributed by atoms with Crippen LogP contribution < -0.4 is 5.32 Å². The van der Waals surface area contributed by atoms with E-state index in [1.807, 2.05) is 6.92 Å². The SMILES string of the molecule is C=C(C)CN=C(NCC1CCS(=O)(=O)C1)N1CCC2(CCCCC2)C1. The van der Waals surface area contributed by atoms with Gasteiger partial charge in [0.15, 0.2) is 15.8 Å². The summed E-state index contributed by atoms with van der Waals surface area (Å²) in [5.74, 6) is 1.82. The highest BCUT2D eigenvalue weighted by Crippen LogP contribution is 2.43. The third kappa shape index (κ3) is 4.99. The molecule has 1 unspecified atom stereocenters. The van der Waals surface area contributed by atoms with Crippen LogP contribution in [0, 0.1) is 11.3 Å². The zero-order valence-electron chi connectivity index (χ0n) is 15.6. The van der Waals surface area contributed by atoms with Crippen molar-refractivity contribution in [2.75, 3.05) is 37.7 Å². The molecule has 3 rings (SSSR count). The van der Waals surface area contributed by atoms with Crippen LogP contribution in [0.3, 0.4) is 0 Å². The summed E-state index contributed by atoms with van der Waals surface area (Å²) in [4.78, 5) is 7.16. The van der Waals surface area contributed by atoms with E-state index in [4.69, 9.17) is 4.99 Å². The predicted octanol–water partition coefficient (Wildman–Crippen LogP) is 2.60. The predicted molar refractivity (Wildman–Crippen MR) is 104 cm³/mol. The number of nitrogens with one attached hydrogen (secondary N) is 1. The lowest BCUT2D eigenvalue weighted by Crippen LogP contribution is -2.43. The summed E-state index contributed by atoms with van der Waals surface area (Å²) >= 11 is 0. The summed E-state index contributed by atoms with van der Waals surface area (Å²) in [6.07, 6.45) is 8.83. The standard InChI is InChI=1S/C19H33N3O2S/c1-16(2)12-20-18(21-13-17-6-11-25(23,24)14-17)22-10-9-19(15-22)7-4-3-5-8-19/h17H,1,3-15H2,2H3,(H,20,21). The molecular formula is C19H33N3O2S. The lowest BCUT2D eigenvalue weighted by atomic mass is 9.73. The summed E-state index contributed by atoms with van der Waals surface area (Å²) in [6.45, 7) is 9.45. The third-order valence-corrected chi connectivity index (χ3v) is 7.86. The smallest absolute Gasteiger partial charge is 0.194 e. The maximum absolute atomic E-state index is 11.7. The second kappa shape index (κ2) is 7.68. The van der Waals surface area contributed by atoms with Crippen LogP contribution in [0.1, 0.15) is 51.9 Å². The van der Waals surface area contributed by atoms with Gasteiger partial charge in [0.05, 0.1) is 18.1 Å². The number of hydrogen-bond acceptors (Lipinski definition) is 3. The fraction of sp³-hybridized carbons (Fsp3) is 0.842. The van der Waals surface area contributed by atoms with E-state index >= 15 is 0 Å². The molecule has 0 aromatic rings. The Morgan fingerprint density at radius 1 is 1.28 bits per heavy atom. The fourth-order valence-corrected chi connectivity index (χ4v) is 6.43. The average Bonchev–Trinajstić information content (AvgIpc) is 3.11. The van der Waals surface area contributed by atoms with Crippen LogP contribution in [0.25, 0.3) is 0 Å². The van der Waals surface area contributed by atoms with Gasteiger partial charge in [-0.25, -0.2) is 13.4 Å². The average molecular weight is 368 g/mol. The highest BCUT2D eigenvalue weighted by atomic mass is 32.2. The van der Waals surface area contributed by atoms with Gasteiger partial charge >= 0.3 is 0 Å².